The molecule has 22 heavy (non-hydrogen) atoms. The standard InChI is InChI=1S/C15H18BF3O3/c1-13(2)14(3,4)22-16(21-13)9-8-11-6-5-7-12(10-11)20-15(17,18)19/h5-10H,1-4H3/b9-8+. The summed E-state index contributed by atoms with van der Waals surface area (Å²) in [5.74, 6) is 1.41. The molecule has 0 bridgehead atoms. The van der Waals surface area contributed by atoms with Crippen LogP contribution >= 0.6 is 0 Å². The first-order chi connectivity index (χ1) is 9.98. The van der Waals surface area contributed by atoms with Crippen molar-refractivity contribution in [2.45, 2.75) is 45.3 Å². The van der Waals surface area contributed by atoms with E-state index in [0.717, 1.165) is 0 Å². The van der Waals surface area contributed by atoms with Gasteiger partial charge in [-0.05, 0) is 45.4 Å². The van der Waals surface area contributed by atoms with Crippen LogP contribution in [0.15, 0.2) is 30.2 Å². The molecule has 3 nitrogen and oxygen atoms in total. The Kier molecular flexibility index (Phi) is 4.32. The highest BCUT2D eigenvalue weighted by Gasteiger charge is 2.49. The van der Waals surface area contributed by atoms with Crippen LogP contribution in [0.5, 0.6) is 5.75 Å². The summed E-state index contributed by atoms with van der Waals surface area (Å²) in [7, 11) is -0.544. The maximum absolute atomic E-state index is 12.2. The molecule has 2 rings (SSSR count). The summed E-state index contributed by atoms with van der Waals surface area (Å²) in [6.07, 6.45) is -3.06. The van der Waals surface area contributed by atoms with Gasteiger partial charge in [-0.1, -0.05) is 24.2 Å². The number of rotatable bonds is 3. The Balaban J connectivity index is 2.07. The number of halogens is 3. The fourth-order valence-electron chi connectivity index (χ4n) is 1.97. The first kappa shape index (κ1) is 16.9. The number of alkyl halides is 3. The maximum atomic E-state index is 12.2. The molecule has 0 aliphatic carbocycles. The lowest BCUT2D eigenvalue weighted by molar-refractivity contribution is -0.274. The molecular formula is C15H18BF3O3. The van der Waals surface area contributed by atoms with E-state index in [1.54, 1.807) is 18.1 Å². The average Bonchev–Trinajstić information content (AvgIpc) is 2.54. The zero-order valence-corrected chi connectivity index (χ0v) is 12.9. The van der Waals surface area contributed by atoms with Crippen LogP contribution in [0.25, 0.3) is 6.08 Å². The van der Waals surface area contributed by atoms with Gasteiger partial charge >= 0.3 is 13.5 Å². The Bertz CT molecular complexity index is 551. The molecule has 1 aromatic carbocycles. The lowest BCUT2D eigenvalue weighted by Gasteiger charge is -2.32. The maximum Gasteiger partial charge on any atom is 0.573 e. The Morgan fingerprint density at radius 3 is 2.23 bits per heavy atom. The Hall–Kier alpha value is -1.47. The van der Waals surface area contributed by atoms with Crippen LogP contribution in [0.1, 0.15) is 33.3 Å². The molecule has 1 heterocycles. The predicted molar refractivity (Wildman–Crippen MR) is 78.2 cm³/mol. The third-order valence-corrected chi connectivity index (χ3v) is 3.81. The summed E-state index contributed by atoms with van der Waals surface area (Å²) < 4.78 is 52.0. The van der Waals surface area contributed by atoms with Crippen molar-refractivity contribution in [1.82, 2.24) is 0 Å². The van der Waals surface area contributed by atoms with E-state index < -0.39 is 24.7 Å². The monoisotopic (exact) mass is 314 g/mol. The molecule has 0 atom stereocenters. The predicted octanol–water partition coefficient (Wildman–Crippen LogP) is 4.23. The lowest BCUT2D eigenvalue weighted by atomic mass is 9.89. The minimum Gasteiger partial charge on any atom is -0.406 e. The number of hydrogen-bond donors (Lipinski definition) is 0. The van der Waals surface area contributed by atoms with Crippen LogP contribution in [0.2, 0.25) is 0 Å². The van der Waals surface area contributed by atoms with Crippen LogP contribution in [-0.4, -0.2) is 24.7 Å². The van der Waals surface area contributed by atoms with Crippen LogP contribution in [0, 0.1) is 0 Å². The van der Waals surface area contributed by atoms with Gasteiger partial charge in [-0.25, -0.2) is 0 Å². The van der Waals surface area contributed by atoms with Crippen molar-refractivity contribution in [2.75, 3.05) is 0 Å². The number of ether oxygens (including phenoxy) is 1. The fraction of sp³-hybridized carbons (Fsp3) is 0.467. The van der Waals surface area contributed by atoms with Crippen LogP contribution in [-0.2, 0) is 9.31 Å². The third-order valence-electron chi connectivity index (χ3n) is 3.81. The summed E-state index contributed by atoms with van der Waals surface area (Å²) >= 11 is 0. The summed E-state index contributed by atoms with van der Waals surface area (Å²) in [4.78, 5) is 0. The first-order valence-corrected chi connectivity index (χ1v) is 6.88. The van der Waals surface area contributed by atoms with Gasteiger partial charge in [0.05, 0.1) is 11.2 Å². The van der Waals surface area contributed by atoms with Crippen LogP contribution in [0.3, 0.4) is 0 Å². The SMILES string of the molecule is CC1(C)OB(/C=C/c2cccc(OC(F)(F)F)c2)OC1(C)C. The van der Waals surface area contributed by atoms with Gasteiger partial charge in [0.2, 0.25) is 0 Å². The molecule has 1 aliphatic heterocycles. The minimum atomic E-state index is -4.70. The molecule has 1 fully saturated rings. The van der Waals surface area contributed by atoms with E-state index in [2.05, 4.69) is 4.74 Å². The van der Waals surface area contributed by atoms with Crippen molar-refractivity contribution in [3.63, 3.8) is 0 Å². The van der Waals surface area contributed by atoms with Crippen molar-refractivity contribution >= 4 is 13.2 Å². The second-order valence-corrected chi connectivity index (χ2v) is 6.10. The normalized spacial score (nSPS) is 20.6. The fourth-order valence-corrected chi connectivity index (χ4v) is 1.97. The van der Waals surface area contributed by atoms with E-state index >= 15 is 0 Å². The van der Waals surface area contributed by atoms with E-state index in [-0.39, 0.29) is 5.75 Å². The third kappa shape index (κ3) is 4.05. The Morgan fingerprint density at radius 1 is 1.09 bits per heavy atom. The summed E-state index contributed by atoms with van der Waals surface area (Å²) in [5, 5.41) is 0. The lowest BCUT2D eigenvalue weighted by Crippen LogP contribution is -2.41. The molecule has 120 valence electrons. The topological polar surface area (TPSA) is 27.7 Å². The van der Waals surface area contributed by atoms with Crippen molar-refractivity contribution in [1.29, 1.82) is 0 Å². The van der Waals surface area contributed by atoms with Gasteiger partial charge < -0.3 is 14.0 Å². The largest absolute Gasteiger partial charge is 0.573 e. The van der Waals surface area contributed by atoms with Crippen molar-refractivity contribution in [3.05, 3.63) is 35.8 Å². The second kappa shape index (κ2) is 5.63. The van der Waals surface area contributed by atoms with Gasteiger partial charge in [-0.3, -0.25) is 0 Å². The Labute approximate surface area is 128 Å². The molecule has 1 saturated heterocycles. The van der Waals surface area contributed by atoms with Gasteiger partial charge in [0.15, 0.2) is 0 Å². The van der Waals surface area contributed by atoms with Crippen LogP contribution in [0.4, 0.5) is 13.2 Å². The Morgan fingerprint density at radius 2 is 1.68 bits per heavy atom. The molecular weight excluding hydrogens is 296 g/mol. The molecule has 0 unspecified atom stereocenters. The van der Waals surface area contributed by atoms with E-state index in [9.17, 15) is 13.2 Å². The van der Waals surface area contributed by atoms with Crippen molar-refractivity contribution in [2.24, 2.45) is 0 Å². The number of hydrogen-bond acceptors (Lipinski definition) is 3. The second-order valence-electron chi connectivity index (χ2n) is 6.10. The quantitative estimate of drug-likeness (QED) is 0.782. The van der Waals surface area contributed by atoms with Crippen molar-refractivity contribution < 1.29 is 27.2 Å². The van der Waals surface area contributed by atoms with Gasteiger partial charge in [0.1, 0.15) is 5.75 Å². The van der Waals surface area contributed by atoms with Gasteiger partial charge in [-0.2, -0.15) is 0 Å². The summed E-state index contributed by atoms with van der Waals surface area (Å²) in [6, 6.07) is 5.71. The zero-order chi connectivity index (χ0) is 16.6. The molecule has 1 aromatic rings. The number of benzene rings is 1. The molecule has 1 aliphatic rings. The highest BCUT2D eigenvalue weighted by Crippen LogP contribution is 2.37. The molecule has 0 saturated carbocycles. The zero-order valence-electron chi connectivity index (χ0n) is 12.9. The molecule has 0 N–H and O–H groups in total. The van der Waals surface area contributed by atoms with E-state index in [1.165, 1.54) is 18.2 Å². The van der Waals surface area contributed by atoms with E-state index in [1.807, 2.05) is 27.7 Å². The minimum absolute atomic E-state index is 0.261. The first-order valence-electron chi connectivity index (χ1n) is 6.88. The van der Waals surface area contributed by atoms with E-state index in [0.29, 0.717) is 5.56 Å². The summed E-state index contributed by atoms with van der Waals surface area (Å²) in [5.41, 5.74) is -0.344. The highest BCUT2D eigenvalue weighted by molar-refractivity contribution is 6.52. The van der Waals surface area contributed by atoms with Gasteiger partial charge in [0, 0.05) is 0 Å². The van der Waals surface area contributed by atoms with E-state index in [4.69, 9.17) is 9.31 Å². The van der Waals surface area contributed by atoms with Gasteiger partial charge in [0.25, 0.3) is 0 Å². The van der Waals surface area contributed by atoms with Gasteiger partial charge in [-0.15, -0.1) is 13.2 Å². The highest BCUT2D eigenvalue weighted by atomic mass is 19.4. The molecule has 0 amide bonds. The van der Waals surface area contributed by atoms with Crippen molar-refractivity contribution in [3.8, 4) is 5.75 Å². The smallest absolute Gasteiger partial charge is 0.406 e. The molecule has 0 radical (unpaired) electrons. The molecule has 0 aromatic heterocycles. The summed E-state index contributed by atoms with van der Waals surface area (Å²) in [6.45, 7) is 7.72. The molecule has 0 spiro atoms. The molecule has 7 heteroatoms. The van der Waals surface area contributed by atoms with Crippen LogP contribution < -0.4 is 4.74 Å². The average molecular weight is 314 g/mol.